The van der Waals surface area contributed by atoms with Crippen molar-refractivity contribution in [3.8, 4) is 0 Å². The van der Waals surface area contributed by atoms with Crippen LogP contribution < -0.4 is 11.1 Å². The zero-order valence-electron chi connectivity index (χ0n) is 9.35. The van der Waals surface area contributed by atoms with Crippen molar-refractivity contribution in [3.63, 3.8) is 0 Å². The Morgan fingerprint density at radius 3 is 3.00 bits per heavy atom. The van der Waals surface area contributed by atoms with Crippen LogP contribution in [0.15, 0.2) is 12.3 Å². The van der Waals surface area contributed by atoms with Gasteiger partial charge < -0.3 is 11.1 Å². The minimum atomic E-state index is 0.00224. The second-order valence-electron chi connectivity index (χ2n) is 4.37. The average molecular weight is 222 g/mol. The van der Waals surface area contributed by atoms with Gasteiger partial charge in [-0.05, 0) is 18.4 Å². The third kappa shape index (κ3) is 2.98. The average Bonchev–Trinajstić information content (AvgIpc) is 2.56. The van der Waals surface area contributed by atoms with E-state index < -0.39 is 0 Å². The second kappa shape index (κ2) is 5.01. The predicted molar refractivity (Wildman–Crippen MR) is 61.6 cm³/mol. The van der Waals surface area contributed by atoms with Crippen molar-refractivity contribution in [1.29, 1.82) is 0 Å². The molecule has 5 heteroatoms. The maximum absolute atomic E-state index is 11.5. The lowest BCUT2D eigenvalue weighted by Crippen LogP contribution is -2.30. The number of nitrogens with two attached hydrogens (primary N) is 1. The molecule has 0 radical (unpaired) electrons. The molecule has 1 saturated carbocycles. The van der Waals surface area contributed by atoms with E-state index in [2.05, 4.69) is 10.4 Å². The zero-order valence-corrected chi connectivity index (χ0v) is 9.35. The highest BCUT2D eigenvalue weighted by Gasteiger charge is 2.16. The van der Waals surface area contributed by atoms with Crippen LogP contribution in [0.1, 0.15) is 25.7 Å². The molecule has 0 atom stereocenters. The lowest BCUT2D eigenvalue weighted by Gasteiger charge is -2.25. The van der Waals surface area contributed by atoms with Crippen molar-refractivity contribution in [2.45, 2.75) is 32.2 Å². The largest absolute Gasteiger partial charge is 0.382 e. The molecule has 1 aliphatic carbocycles. The molecule has 0 bridgehead atoms. The summed E-state index contributed by atoms with van der Waals surface area (Å²) in [6.45, 7) is 1.03. The number of hydrogen-bond acceptors (Lipinski definition) is 3. The van der Waals surface area contributed by atoms with Crippen LogP contribution in [0.5, 0.6) is 0 Å². The van der Waals surface area contributed by atoms with Crippen molar-refractivity contribution < 1.29 is 4.79 Å². The van der Waals surface area contributed by atoms with E-state index in [4.69, 9.17) is 5.73 Å². The molecule has 1 fully saturated rings. The fourth-order valence-electron chi connectivity index (χ4n) is 1.87. The third-order valence-electron chi connectivity index (χ3n) is 3.07. The molecule has 1 heterocycles. The summed E-state index contributed by atoms with van der Waals surface area (Å²) in [4.78, 5) is 11.5. The van der Waals surface area contributed by atoms with Crippen LogP contribution in [0, 0.1) is 5.92 Å². The van der Waals surface area contributed by atoms with E-state index in [9.17, 15) is 4.79 Å². The van der Waals surface area contributed by atoms with Crippen LogP contribution in [0.25, 0.3) is 0 Å². The van der Waals surface area contributed by atoms with E-state index in [1.807, 2.05) is 0 Å². The standard InChI is InChI=1S/C11H18N4O/c12-10-5-7-15(14-10)8-11(16)13-6-4-9-2-1-3-9/h5,7,9H,1-4,6,8H2,(H2,12,14)(H,13,16). The van der Waals surface area contributed by atoms with Gasteiger partial charge >= 0.3 is 0 Å². The van der Waals surface area contributed by atoms with Gasteiger partial charge in [-0.15, -0.1) is 0 Å². The molecule has 1 aromatic heterocycles. The van der Waals surface area contributed by atoms with Crippen LogP contribution in [-0.2, 0) is 11.3 Å². The molecule has 5 nitrogen and oxygen atoms in total. The highest BCUT2D eigenvalue weighted by Crippen LogP contribution is 2.28. The quantitative estimate of drug-likeness (QED) is 0.773. The monoisotopic (exact) mass is 222 g/mol. The Kier molecular flexibility index (Phi) is 3.44. The van der Waals surface area contributed by atoms with Gasteiger partial charge in [0.1, 0.15) is 12.4 Å². The molecule has 88 valence electrons. The van der Waals surface area contributed by atoms with Crippen LogP contribution >= 0.6 is 0 Å². The number of nitrogen functional groups attached to an aromatic ring is 1. The summed E-state index contributed by atoms with van der Waals surface area (Å²) in [6, 6.07) is 1.68. The van der Waals surface area contributed by atoms with Crippen LogP contribution in [0.4, 0.5) is 5.82 Å². The minimum absolute atomic E-state index is 0.00224. The van der Waals surface area contributed by atoms with Gasteiger partial charge in [0.25, 0.3) is 0 Å². The molecule has 0 unspecified atom stereocenters. The predicted octanol–water partition coefficient (Wildman–Crippen LogP) is 0.772. The Labute approximate surface area is 95.0 Å². The summed E-state index contributed by atoms with van der Waals surface area (Å²) in [5.74, 6) is 1.28. The number of hydrogen-bond donors (Lipinski definition) is 2. The molecule has 0 aromatic carbocycles. The van der Waals surface area contributed by atoms with Crippen molar-refractivity contribution in [1.82, 2.24) is 15.1 Å². The first kappa shape index (κ1) is 11.0. The Morgan fingerprint density at radius 1 is 1.62 bits per heavy atom. The Bertz CT molecular complexity index is 357. The summed E-state index contributed by atoms with van der Waals surface area (Å²) in [5.41, 5.74) is 5.46. The van der Waals surface area contributed by atoms with Crippen molar-refractivity contribution in [2.75, 3.05) is 12.3 Å². The molecular weight excluding hydrogens is 204 g/mol. The van der Waals surface area contributed by atoms with E-state index in [1.54, 1.807) is 16.9 Å². The van der Waals surface area contributed by atoms with E-state index in [1.165, 1.54) is 19.3 Å². The van der Waals surface area contributed by atoms with Gasteiger partial charge in [0.05, 0.1) is 0 Å². The third-order valence-corrected chi connectivity index (χ3v) is 3.07. The molecule has 0 saturated heterocycles. The van der Waals surface area contributed by atoms with E-state index >= 15 is 0 Å². The van der Waals surface area contributed by atoms with Gasteiger partial charge in [-0.2, -0.15) is 5.10 Å². The molecule has 0 aliphatic heterocycles. The smallest absolute Gasteiger partial charge is 0.241 e. The summed E-state index contributed by atoms with van der Waals surface area (Å²) in [6.07, 6.45) is 6.82. The first-order valence-electron chi connectivity index (χ1n) is 5.79. The lowest BCUT2D eigenvalue weighted by atomic mass is 9.83. The summed E-state index contributed by atoms with van der Waals surface area (Å²) < 4.78 is 1.55. The lowest BCUT2D eigenvalue weighted by molar-refractivity contribution is -0.121. The van der Waals surface area contributed by atoms with Gasteiger partial charge in [-0.3, -0.25) is 9.48 Å². The number of nitrogens with one attached hydrogen (secondary N) is 1. The molecule has 1 aromatic rings. The topological polar surface area (TPSA) is 72.9 Å². The van der Waals surface area contributed by atoms with Crippen LogP contribution in [-0.4, -0.2) is 22.2 Å². The summed E-state index contributed by atoms with van der Waals surface area (Å²) >= 11 is 0. The van der Waals surface area contributed by atoms with Gasteiger partial charge in [-0.25, -0.2) is 0 Å². The first-order valence-corrected chi connectivity index (χ1v) is 5.79. The van der Waals surface area contributed by atoms with E-state index in [-0.39, 0.29) is 12.5 Å². The van der Waals surface area contributed by atoms with Crippen molar-refractivity contribution >= 4 is 11.7 Å². The van der Waals surface area contributed by atoms with Crippen LogP contribution in [0.3, 0.4) is 0 Å². The second-order valence-corrected chi connectivity index (χ2v) is 4.37. The maximum atomic E-state index is 11.5. The molecule has 0 spiro atoms. The van der Waals surface area contributed by atoms with Crippen molar-refractivity contribution in [2.24, 2.45) is 5.92 Å². The number of amides is 1. The minimum Gasteiger partial charge on any atom is -0.382 e. The highest BCUT2D eigenvalue weighted by molar-refractivity contribution is 5.75. The number of carbonyl (C=O) groups excluding carboxylic acids is 1. The van der Waals surface area contributed by atoms with Gasteiger partial charge in [-0.1, -0.05) is 19.3 Å². The number of anilines is 1. The molecule has 16 heavy (non-hydrogen) atoms. The van der Waals surface area contributed by atoms with E-state index in [0.29, 0.717) is 5.82 Å². The SMILES string of the molecule is Nc1ccn(CC(=O)NCCC2CCC2)n1. The fourth-order valence-corrected chi connectivity index (χ4v) is 1.87. The zero-order chi connectivity index (χ0) is 11.4. The van der Waals surface area contributed by atoms with Gasteiger partial charge in [0.15, 0.2) is 0 Å². The first-order chi connectivity index (χ1) is 7.74. The Balaban J connectivity index is 1.63. The number of carbonyl (C=O) groups is 1. The summed E-state index contributed by atoms with van der Waals surface area (Å²) in [5, 5.41) is 6.85. The Hall–Kier alpha value is -1.52. The highest BCUT2D eigenvalue weighted by atomic mass is 16.2. The molecule has 1 amide bonds. The molecule has 1 aliphatic rings. The molecule has 3 N–H and O–H groups in total. The van der Waals surface area contributed by atoms with Crippen LogP contribution in [0.2, 0.25) is 0 Å². The normalized spacial score (nSPS) is 15.8. The summed E-state index contributed by atoms with van der Waals surface area (Å²) in [7, 11) is 0. The van der Waals surface area contributed by atoms with Crippen molar-refractivity contribution in [3.05, 3.63) is 12.3 Å². The maximum Gasteiger partial charge on any atom is 0.241 e. The number of rotatable bonds is 5. The fraction of sp³-hybridized carbons (Fsp3) is 0.636. The van der Waals surface area contributed by atoms with Gasteiger partial charge in [0.2, 0.25) is 5.91 Å². The number of nitrogens with zero attached hydrogens (tertiary/aromatic N) is 2. The van der Waals surface area contributed by atoms with Gasteiger partial charge in [0, 0.05) is 12.7 Å². The van der Waals surface area contributed by atoms with E-state index in [0.717, 1.165) is 18.9 Å². The molecular formula is C11H18N4O. The Morgan fingerprint density at radius 2 is 2.44 bits per heavy atom. The number of aromatic nitrogens is 2. The molecule has 2 rings (SSSR count).